The van der Waals surface area contributed by atoms with Gasteiger partial charge in [-0.1, -0.05) is 78.9 Å². The zero-order chi connectivity index (χ0) is 24.2. The molecule has 34 heavy (non-hydrogen) atoms. The normalized spacial score (nSPS) is 15.2. The maximum Gasteiger partial charge on any atom is 0.329 e. The number of para-hydroxylation sites is 1. The van der Waals surface area contributed by atoms with Crippen LogP contribution in [0, 0.1) is 0 Å². The molecule has 6 heteroatoms. The second-order valence-electron chi connectivity index (χ2n) is 7.57. The van der Waals surface area contributed by atoms with Crippen molar-refractivity contribution in [3.8, 4) is 0 Å². The van der Waals surface area contributed by atoms with Gasteiger partial charge in [-0.3, -0.25) is 9.59 Å². The molecule has 1 saturated heterocycles. The van der Waals surface area contributed by atoms with Crippen LogP contribution in [0.1, 0.15) is 20.7 Å². The van der Waals surface area contributed by atoms with Gasteiger partial charge in [0.1, 0.15) is 6.04 Å². The lowest BCUT2D eigenvalue weighted by Crippen LogP contribution is -2.55. The van der Waals surface area contributed by atoms with Gasteiger partial charge in [0.25, 0.3) is 0 Å². The third kappa shape index (κ3) is 6.98. The van der Waals surface area contributed by atoms with E-state index in [0.29, 0.717) is 17.7 Å². The molecule has 1 heterocycles. The molecule has 1 unspecified atom stereocenters. The summed E-state index contributed by atoms with van der Waals surface area (Å²) in [6.07, 6.45) is 2.62. The summed E-state index contributed by atoms with van der Waals surface area (Å²) in [7, 11) is 1.43. The molecule has 6 nitrogen and oxygen atoms in total. The molecular weight excluding hydrogens is 428 g/mol. The highest BCUT2D eigenvalue weighted by molar-refractivity contribution is 6.11. The molecule has 0 bridgehead atoms. The number of nitrogens with zero attached hydrogens (tertiary/aromatic N) is 1. The number of ketones is 2. The van der Waals surface area contributed by atoms with Gasteiger partial charge in [0.05, 0.1) is 7.11 Å². The number of hydrogen-bond donors (Lipinski definition) is 1. The van der Waals surface area contributed by atoms with Gasteiger partial charge in [-0.2, -0.15) is 0 Å². The van der Waals surface area contributed by atoms with Gasteiger partial charge in [-0.25, -0.2) is 4.79 Å². The van der Waals surface area contributed by atoms with E-state index in [1.165, 1.54) is 19.3 Å². The average Bonchev–Trinajstić information content (AvgIpc) is 2.93. The zero-order valence-electron chi connectivity index (χ0n) is 19.1. The SMILES string of the molecule is COC(=O)C1CNCCN1c1ccccc1.O=C(/C=C/C(=O)c1ccccc1)c1ccccc1. The topological polar surface area (TPSA) is 75.7 Å². The third-order valence-corrected chi connectivity index (χ3v) is 5.31. The van der Waals surface area contributed by atoms with Crippen molar-refractivity contribution in [3.05, 3.63) is 114 Å². The van der Waals surface area contributed by atoms with Gasteiger partial charge in [-0.15, -0.1) is 0 Å². The lowest BCUT2D eigenvalue weighted by molar-refractivity contribution is -0.142. The van der Waals surface area contributed by atoms with E-state index in [4.69, 9.17) is 4.74 Å². The predicted molar refractivity (Wildman–Crippen MR) is 133 cm³/mol. The first-order valence-corrected chi connectivity index (χ1v) is 11.1. The number of nitrogens with one attached hydrogen (secondary N) is 1. The molecule has 3 aromatic carbocycles. The third-order valence-electron chi connectivity index (χ3n) is 5.31. The van der Waals surface area contributed by atoms with E-state index >= 15 is 0 Å². The highest BCUT2D eigenvalue weighted by Gasteiger charge is 2.29. The number of rotatable bonds is 6. The van der Waals surface area contributed by atoms with Crippen molar-refractivity contribution in [1.82, 2.24) is 5.32 Å². The molecule has 1 fully saturated rings. The van der Waals surface area contributed by atoms with E-state index in [1.807, 2.05) is 42.5 Å². The molecule has 174 valence electrons. The lowest BCUT2D eigenvalue weighted by Gasteiger charge is -2.36. The van der Waals surface area contributed by atoms with Crippen molar-refractivity contribution < 1.29 is 19.1 Å². The Balaban J connectivity index is 0.000000192. The highest BCUT2D eigenvalue weighted by Crippen LogP contribution is 2.18. The van der Waals surface area contributed by atoms with Crippen molar-refractivity contribution in [2.45, 2.75) is 6.04 Å². The van der Waals surface area contributed by atoms with Gasteiger partial charge in [-0.05, 0) is 24.3 Å². The fourth-order valence-electron chi connectivity index (χ4n) is 3.53. The molecule has 0 saturated carbocycles. The summed E-state index contributed by atoms with van der Waals surface area (Å²) < 4.78 is 4.82. The molecule has 1 N–H and O–H groups in total. The zero-order valence-corrected chi connectivity index (χ0v) is 19.1. The van der Waals surface area contributed by atoms with Crippen LogP contribution in [0.2, 0.25) is 0 Å². The van der Waals surface area contributed by atoms with E-state index in [1.54, 1.807) is 48.5 Å². The summed E-state index contributed by atoms with van der Waals surface area (Å²) in [5, 5.41) is 3.21. The predicted octanol–water partition coefficient (Wildman–Crippen LogP) is 3.95. The van der Waals surface area contributed by atoms with Crippen molar-refractivity contribution in [3.63, 3.8) is 0 Å². The van der Waals surface area contributed by atoms with Crippen LogP contribution < -0.4 is 10.2 Å². The summed E-state index contributed by atoms with van der Waals surface area (Å²) in [5.74, 6) is -0.518. The summed E-state index contributed by atoms with van der Waals surface area (Å²) in [6, 6.07) is 27.5. The van der Waals surface area contributed by atoms with Crippen LogP contribution in [-0.4, -0.2) is 50.3 Å². The van der Waals surface area contributed by atoms with Crippen LogP contribution in [0.3, 0.4) is 0 Å². The van der Waals surface area contributed by atoms with Crippen molar-refractivity contribution in [2.24, 2.45) is 0 Å². The monoisotopic (exact) mass is 456 g/mol. The first-order chi connectivity index (χ1) is 16.6. The standard InChI is InChI=1S/C16H12O2.C12H16N2O2/c17-15(13-7-3-1-4-8-13)11-12-16(18)14-9-5-2-6-10-14;1-16-12(15)11-9-13-7-8-14(11)10-5-3-2-4-6-10/h1-12H;2-6,11,13H,7-9H2,1H3/b12-11+;. The largest absolute Gasteiger partial charge is 0.467 e. The highest BCUT2D eigenvalue weighted by atomic mass is 16.5. The van der Waals surface area contributed by atoms with Gasteiger partial charge in [0.15, 0.2) is 11.6 Å². The smallest absolute Gasteiger partial charge is 0.329 e. The molecule has 0 aromatic heterocycles. The van der Waals surface area contributed by atoms with Crippen molar-refractivity contribution >= 4 is 23.2 Å². The van der Waals surface area contributed by atoms with Crippen LogP contribution in [0.25, 0.3) is 0 Å². The number of allylic oxidation sites excluding steroid dienone is 2. The number of hydrogen-bond acceptors (Lipinski definition) is 6. The van der Waals surface area contributed by atoms with Crippen molar-refractivity contribution in [1.29, 1.82) is 0 Å². The van der Waals surface area contributed by atoms with Gasteiger partial charge < -0.3 is 15.0 Å². The van der Waals surface area contributed by atoms with Crippen LogP contribution in [0.4, 0.5) is 5.69 Å². The number of methoxy groups -OCH3 is 1. The lowest BCUT2D eigenvalue weighted by atomic mass is 10.1. The molecular formula is C28H28N2O4. The molecule has 3 aromatic rings. The first-order valence-electron chi connectivity index (χ1n) is 11.1. The van der Waals surface area contributed by atoms with Gasteiger partial charge in [0, 0.05) is 36.4 Å². The van der Waals surface area contributed by atoms with Crippen LogP contribution in [-0.2, 0) is 9.53 Å². The number of piperazine rings is 1. The number of anilines is 1. The number of carbonyl (C=O) groups excluding carboxylic acids is 3. The van der Waals surface area contributed by atoms with E-state index in [2.05, 4.69) is 10.2 Å². The molecule has 0 amide bonds. The Kier molecular flexibility index (Phi) is 9.31. The minimum Gasteiger partial charge on any atom is -0.467 e. The molecule has 0 aliphatic carbocycles. The number of carbonyl (C=O) groups is 3. The Morgan fingerprint density at radius 3 is 1.74 bits per heavy atom. The van der Waals surface area contributed by atoms with E-state index in [-0.39, 0.29) is 23.6 Å². The molecule has 1 aliphatic rings. The Bertz CT molecular complexity index is 1050. The Morgan fingerprint density at radius 1 is 0.794 bits per heavy atom. The van der Waals surface area contributed by atoms with Crippen LogP contribution in [0.5, 0.6) is 0 Å². The molecule has 0 spiro atoms. The second kappa shape index (κ2) is 12.9. The molecule has 1 atom stereocenters. The Morgan fingerprint density at radius 2 is 1.26 bits per heavy atom. The summed E-state index contributed by atoms with van der Waals surface area (Å²) in [4.78, 5) is 37.2. The fourth-order valence-corrected chi connectivity index (χ4v) is 3.53. The fraction of sp³-hybridized carbons (Fsp3) is 0.179. The summed E-state index contributed by atoms with van der Waals surface area (Å²) >= 11 is 0. The van der Waals surface area contributed by atoms with E-state index in [9.17, 15) is 14.4 Å². The van der Waals surface area contributed by atoms with Gasteiger partial charge in [0.2, 0.25) is 0 Å². The minimum atomic E-state index is -0.221. The quantitative estimate of drug-likeness (QED) is 0.344. The summed E-state index contributed by atoms with van der Waals surface area (Å²) in [5.41, 5.74) is 2.23. The van der Waals surface area contributed by atoms with Gasteiger partial charge >= 0.3 is 5.97 Å². The Labute approximate surface area is 199 Å². The minimum absolute atomic E-state index is 0.167. The number of esters is 1. The van der Waals surface area contributed by atoms with E-state index < -0.39 is 0 Å². The van der Waals surface area contributed by atoms with Crippen LogP contribution in [0.15, 0.2) is 103 Å². The summed E-state index contributed by atoms with van der Waals surface area (Å²) in [6.45, 7) is 2.35. The molecule has 0 radical (unpaired) electrons. The maximum atomic E-state index is 11.7. The number of benzene rings is 3. The maximum absolute atomic E-state index is 11.7. The Hall–Kier alpha value is -4.03. The second-order valence-corrected chi connectivity index (χ2v) is 7.57. The first kappa shape index (κ1) is 24.6. The van der Waals surface area contributed by atoms with E-state index in [0.717, 1.165) is 18.8 Å². The van der Waals surface area contributed by atoms with Crippen LogP contribution >= 0.6 is 0 Å². The molecule has 4 rings (SSSR count). The number of ether oxygens (including phenoxy) is 1. The molecule has 1 aliphatic heterocycles. The van der Waals surface area contributed by atoms with Crippen molar-refractivity contribution in [2.75, 3.05) is 31.6 Å². The average molecular weight is 457 g/mol.